The van der Waals surface area contributed by atoms with E-state index in [0.717, 1.165) is 31.7 Å². The van der Waals surface area contributed by atoms with Crippen molar-refractivity contribution in [2.24, 2.45) is 0 Å². The van der Waals surface area contributed by atoms with Crippen LogP contribution in [-0.4, -0.2) is 58.1 Å². The second kappa shape index (κ2) is 6.12. The number of likely N-dealkylation sites (N-methyl/N-ethyl adjacent to an activating group) is 1. The number of piperazine rings is 1. The monoisotopic (exact) mass is 263 g/mol. The van der Waals surface area contributed by atoms with Gasteiger partial charge in [0.2, 0.25) is 0 Å². The molecule has 0 spiro atoms. The first-order valence-corrected chi connectivity index (χ1v) is 6.74. The van der Waals surface area contributed by atoms with Gasteiger partial charge in [0.25, 0.3) is 0 Å². The molecular formula is C14H21N3O2. The van der Waals surface area contributed by atoms with Crippen LogP contribution in [0, 0.1) is 0 Å². The Bertz CT molecular complexity index is 424. The standard InChI is InChI=1S/C14H21N3O2/c1-3-16-7-8-17(10-11(16)2)13(14(18)19)12-5-4-6-15-9-12/h4-6,9,11,13H,3,7-8,10H2,1-2H3,(H,18,19). The molecule has 2 rings (SSSR count). The third-order valence-corrected chi connectivity index (χ3v) is 3.80. The Balaban J connectivity index is 2.16. The van der Waals surface area contributed by atoms with Gasteiger partial charge in [0.15, 0.2) is 0 Å². The molecule has 1 aromatic heterocycles. The quantitative estimate of drug-likeness (QED) is 0.885. The van der Waals surface area contributed by atoms with Gasteiger partial charge in [0, 0.05) is 38.1 Å². The van der Waals surface area contributed by atoms with Crippen LogP contribution in [0.3, 0.4) is 0 Å². The van der Waals surface area contributed by atoms with Crippen LogP contribution in [-0.2, 0) is 4.79 Å². The number of carboxylic acid groups (broad SMARTS) is 1. The summed E-state index contributed by atoms with van der Waals surface area (Å²) >= 11 is 0. The number of rotatable bonds is 4. The van der Waals surface area contributed by atoms with E-state index in [2.05, 4.69) is 23.7 Å². The van der Waals surface area contributed by atoms with Gasteiger partial charge in [-0.1, -0.05) is 13.0 Å². The van der Waals surface area contributed by atoms with E-state index >= 15 is 0 Å². The van der Waals surface area contributed by atoms with Gasteiger partial charge < -0.3 is 5.11 Å². The molecule has 19 heavy (non-hydrogen) atoms. The average Bonchev–Trinajstić information content (AvgIpc) is 2.40. The lowest BCUT2D eigenvalue weighted by Crippen LogP contribution is -2.53. The number of hydrogen-bond acceptors (Lipinski definition) is 4. The molecule has 0 saturated carbocycles. The molecule has 1 fully saturated rings. The van der Waals surface area contributed by atoms with Crippen molar-refractivity contribution >= 4 is 5.97 Å². The van der Waals surface area contributed by atoms with Gasteiger partial charge in [0.1, 0.15) is 6.04 Å². The number of pyridine rings is 1. The molecule has 0 radical (unpaired) electrons. The number of nitrogens with zero attached hydrogens (tertiary/aromatic N) is 3. The van der Waals surface area contributed by atoms with Crippen molar-refractivity contribution in [3.05, 3.63) is 30.1 Å². The Kier molecular flexibility index (Phi) is 4.50. The lowest BCUT2D eigenvalue weighted by molar-refractivity contribution is -0.144. The number of aromatic nitrogens is 1. The molecule has 104 valence electrons. The summed E-state index contributed by atoms with van der Waals surface area (Å²) in [5, 5.41) is 9.51. The molecule has 1 aliphatic rings. The molecule has 2 unspecified atom stereocenters. The van der Waals surface area contributed by atoms with E-state index in [9.17, 15) is 9.90 Å². The summed E-state index contributed by atoms with van der Waals surface area (Å²) in [5.41, 5.74) is 0.757. The Hall–Kier alpha value is -1.46. The second-order valence-corrected chi connectivity index (χ2v) is 5.00. The van der Waals surface area contributed by atoms with Crippen LogP contribution in [0.4, 0.5) is 0 Å². The highest BCUT2D eigenvalue weighted by molar-refractivity contribution is 5.75. The summed E-state index contributed by atoms with van der Waals surface area (Å²) in [6, 6.07) is 3.42. The predicted molar refractivity (Wildman–Crippen MR) is 72.9 cm³/mol. The Labute approximate surface area is 113 Å². The van der Waals surface area contributed by atoms with E-state index in [0.29, 0.717) is 6.04 Å². The third-order valence-electron chi connectivity index (χ3n) is 3.80. The van der Waals surface area contributed by atoms with Gasteiger partial charge in [-0.3, -0.25) is 19.6 Å². The molecule has 1 aliphatic heterocycles. The van der Waals surface area contributed by atoms with Gasteiger partial charge in [-0.05, 0) is 25.1 Å². The fourth-order valence-corrected chi connectivity index (χ4v) is 2.78. The number of carbonyl (C=O) groups is 1. The highest BCUT2D eigenvalue weighted by Gasteiger charge is 2.32. The molecule has 5 heteroatoms. The maximum Gasteiger partial charge on any atom is 0.325 e. The summed E-state index contributed by atoms with van der Waals surface area (Å²) in [5.74, 6) is -0.801. The van der Waals surface area contributed by atoms with Crippen LogP contribution in [0.2, 0.25) is 0 Å². The molecule has 0 amide bonds. The first-order valence-electron chi connectivity index (χ1n) is 6.74. The zero-order chi connectivity index (χ0) is 13.8. The summed E-state index contributed by atoms with van der Waals surface area (Å²) in [7, 11) is 0. The zero-order valence-corrected chi connectivity index (χ0v) is 11.5. The van der Waals surface area contributed by atoms with Crippen molar-refractivity contribution in [2.75, 3.05) is 26.2 Å². The van der Waals surface area contributed by atoms with Crippen LogP contribution >= 0.6 is 0 Å². The lowest BCUT2D eigenvalue weighted by Gasteiger charge is -2.41. The zero-order valence-electron chi connectivity index (χ0n) is 11.5. The van der Waals surface area contributed by atoms with Crippen molar-refractivity contribution in [3.8, 4) is 0 Å². The Morgan fingerprint density at radius 2 is 2.37 bits per heavy atom. The predicted octanol–water partition coefficient (Wildman–Crippen LogP) is 1.23. The molecule has 0 aromatic carbocycles. The minimum absolute atomic E-state index is 0.386. The molecule has 1 aromatic rings. The van der Waals surface area contributed by atoms with Crippen LogP contribution in [0.25, 0.3) is 0 Å². The molecular weight excluding hydrogens is 242 g/mol. The smallest absolute Gasteiger partial charge is 0.325 e. The van der Waals surface area contributed by atoms with Gasteiger partial charge in [-0.25, -0.2) is 0 Å². The minimum atomic E-state index is -0.801. The van der Waals surface area contributed by atoms with E-state index in [-0.39, 0.29) is 0 Å². The van der Waals surface area contributed by atoms with Gasteiger partial charge in [0.05, 0.1) is 0 Å². The van der Waals surface area contributed by atoms with Crippen LogP contribution in [0.1, 0.15) is 25.5 Å². The summed E-state index contributed by atoms with van der Waals surface area (Å²) in [6.07, 6.45) is 3.32. The molecule has 1 saturated heterocycles. The van der Waals surface area contributed by atoms with Crippen molar-refractivity contribution in [1.29, 1.82) is 0 Å². The number of aliphatic carboxylic acids is 1. The van der Waals surface area contributed by atoms with Gasteiger partial charge in [-0.2, -0.15) is 0 Å². The molecule has 0 bridgehead atoms. The largest absolute Gasteiger partial charge is 0.480 e. The summed E-state index contributed by atoms with van der Waals surface area (Å²) < 4.78 is 0. The van der Waals surface area contributed by atoms with E-state index in [4.69, 9.17) is 0 Å². The minimum Gasteiger partial charge on any atom is -0.480 e. The van der Waals surface area contributed by atoms with Gasteiger partial charge in [-0.15, -0.1) is 0 Å². The van der Waals surface area contributed by atoms with Crippen LogP contribution in [0.15, 0.2) is 24.5 Å². The fraction of sp³-hybridized carbons (Fsp3) is 0.571. The highest BCUT2D eigenvalue weighted by atomic mass is 16.4. The van der Waals surface area contributed by atoms with Crippen LogP contribution < -0.4 is 0 Å². The number of hydrogen-bond donors (Lipinski definition) is 1. The number of carboxylic acids is 1. The third kappa shape index (κ3) is 3.11. The highest BCUT2D eigenvalue weighted by Crippen LogP contribution is 2.23. The SMILES string of the molecule is CCN1CCN(C(C(=O)O)c2cccnc2)CC1C. The van der Waals surface area contributed by atoms with Crippen molar-refractivity contribution in [1.82, 2.24) is 14.8 Å². The second-order valence-electron chi connectivity index (χ2n) is 5.00. The van der Waals surface area contributed by atoms with Crippen molar-refractivity contribution in [3.63, 3.8) is 0 Å². The normalized spacial score (nSPS) is 23.2. The van der Waals surface area contributed by atoms with Gasteiger partial charge >= 0.3 is 5.97 Å². The molecule has 2 heterocycles. The maximum atomic E-state index is 11.6. The Morgan fingerprint density at radius 3 is 2.89 bits per heavy atom. The fourth-order valence-electron chi connectivity index (χ4n) is 2.78. The van der Waals surface area contributed by atoms with Crippen molar-refractivity contribution in [2.45, 2.75) is 25.9 Å². The molecule has 1 N–H and O–H groups in total. The first kappa shape index (κ1) is 14.0. The average molecular weight is 263 g/mol. The lowest BCUT2D eigenvalue weighted by atomic mass is 10.0. The van der Waals surface area contributed by atoms with Crippen molar-refractivity contribution < 1.29 is 9.90 Å². The van der Waals surface area contributed by atoms with Crippen LogP contribution in [0.5, 0.6) is 0 Å². The molecule has 5 nitrogen and oxygen atoms in total. The Morgan fingerprint density at radius 1 is 1.58 bits per heavy atom. The topological polar surface area (TPSA) is 56.7 Å². The van der Waals surface area contributed by atoms with E-state index in [1.165, 1.54) is 0 Å². The summed E-state index contributed by atoms with van der Waals surface area (Å²) in [6.45, 7) is 7.78. The summed E-state index contributed by atoms with van der Waals surface area (Å²) in [4.78, 5) is 20.0. The maximum absolute atomic E-state index is 11.6. The van der Waals surface area contributed by atoms with E-state index in [1.54, 1.807) is 18.5 Å². The first-order chi connectivity index (χ1) is 9.13. The molecule has 2 atom stereocenters. The molecule has 0 aliphatic carbocycles. The van der Waals surface area contributed by atoms with E-state index in [1.807, 2.05) is 11.0 Å². The van der Waals surface area contributed by atoms with E-state index < -0.39 is 12.0 Å².